The highest BCUT2D eigenvalue weighted by Gasteiger charge is 2.23. The van der Waals surface area contributed by atoms with Gasteiger partial charge in [-0.2, -0.15) is 5.10 Å². The standard InChI is InChI=1S/C19H15N3O4/c23-18(24)13-4-1-12(2-5-13)3-7-16-15-11-14(6-8-17(15)21-20-16)22-9-10-26-19(22)25/h1-8,11H,9-10H2,(H,20,21)(H,23,24). The summed E-state index contributed by atoms with van der Waals surface area (Å²) in [7, 11) is 0. The van der Waals surface area contributed by atoms with Crippen LogP contribution in [-0.2, 0) is 4.74 Å². The van der Waals surface area contributed by atoms with Crippen LogP contribution >= 0.6 is 0 Å². The molecule has 7 heteroatoms. The van der Waals surface area contributed by atoms with Gasteiger partial charge in [0.25, 0.3) is 0 Å². The van der Waals surface area contributed by atoms with Crippen molar-refractivity contribution in [2.75, 3.05) is 18.1 Å². The van der Waals surface area contributed by atoms with Gasteiger partial charge in [0.1, 0.15) is 6.61 Å². The molecule has 0 saturated carbocycles. The molecule has 1 aromatic heterocycles. The molecular formula is C19H15N3O4. The predicted octanol–water partition coefficient (Wildman–Crippen LogP) is 3.39. The van der Waals surface area contributed by atoms with Gasteiger partial charge in [0.05, 0.1) is 23.3 Å². The van der Waals surface area contributed by atoms with Crippen molar-refractivity contribution in [3.8, 4) is 0 Å². The molecule has 0 unspecified atom stereocenters. The number of carboxylic acids is 1. The summed E-state index contributed by atoms with van der Waals surface area (Å²) in [5, 5.41) is 17.1. The lowest BCUT2D eigenvalue weighted by molar-refractivity contribution is 0.0697. The number of carboxylic acid groups (broad SMARTS) is 1. The molecule has 4 rings (SSSR count). The van der Waals surface area contributed by atoms with E-state index in [1.54, 1.807) is 29.2 Å². The molecule has 26 heavy (non-hydrogen) atoms. The number of aromatic carboxylic acids is 1. The Kier molecular flexibility index (Phi) is 3.89. The molecule has 1 aliphatic rings. The smallest absolute Gasteiger partial charge is 0.414 e. The summed E-state index contributed by atoms with van der Waals surface area (Å²) in [6.07, 6.45) is 3.36. The normalized spacial score (nSPS) is 14.3. The van der Waals surface area contributed by atoms with E-state index in [0.29, 0.717) is 13.2 Å². The molecule has 130 valence electrons. The predicted molar refractivity (Wildman–Crippen MR) is 97.1 cm³/mol. The van der Waals surface area contributed by atoms with Gasteiger partial charge in [-0.3, -0.25) is 10.00 Å². The number of amides is 1. The summed E-state index contributed by atoms with van der Waals surface area (Å²) in [5.74, 6) is -0.952. The lowest BCUT2D eigenvalue weighted by Gasteiger charge is -2.12. The fourth-order valence-electron chi connectivity index (χ4n) is 2.86. The van der Waals surface area contributed by atoms with E-state index >= 15 is 0 Å². The number of hydrogen-bond acceptors (Lipinski definition) is 4. The van der Waals surface area contributed by atoms with Crippen molar-refractivity contribution >= 4 is 40.8 Å². The summed E-state index contributed by atoms with van der Waals surface area (Å²) >= 11 is 0. The first-order valence-corrected chi connectivity index (χ1v) is 8.06. The number of cyclic esters (lactones) is 1. The Hall–Kier alpha value is -3.61. The number of rotatable bonds is 4. The maximum atomic E-state index is 11.7. The topological polar surface area (TPSA) is 95.5 Å². The first kappa shape index (κ1) is 15.9. The molecule has 0 aliphatic carbocycles. The second kappa shape index (κ2) is 6.36. The zero-order valence-corrected chi connectivity index (χ0v) is 13.7. The second-order valence-electron chi connectivity index (χ2n) is 5.87. The number of carbonyl (C=O) groups excluding carboxylic acids is 1. The monoisotopic (exact) mass is 349 g/mol. The number of fused-ring (bicyclic) bond motifs is 1. The quantitative estimate of drug-likeness (QED) is 0.753. The number of ether oxygens (including phenoxy) is 1. The Labute approximate surface area is 148 Å². The van der Waals surface area contributed by atoms with Gasteiger partial charge < -0.3 is 9.84 Å². The summed E-state index contributed by atoms with van der Waals surface area (Å²) in [6.45, 7) is 0.921. The molecule has 2 N–H and O–H groups in total. The fourth-order valence-corrected chi connectivity index (χ4v) is 2.86. The molecule has 1 fully saturated rings. The Morgan fingerprint density at radius 2 is 2.00 bits per heavy atom. The van der Waals surface area contributed by atoms with Crippen LogP contribution in [0.5, 0.6) is 0 Å². The Morgan fingerprint density at radius 3 is 2.69 bits per heavy atom. The molecule has 3 aromatic rings. The average Bonchev–Trinajstić information content (AvgIpc) is 3.25. The van der Waals surface area contributed by atoms with Crippen molar-refractivity contribution < 1.29 is 19.4 Å². The highest BCUT2D eigenvalue weighted by Crippen LogP contribution is 2.26. The van der Waals surface area contributed by atoms with Crippen molar-refractivity contribution in [2.45, 2.75) is 0 Å². The van der Waals surface area contributed by atoms with Gasteiger partial charge in [0, 0.05) is 11.1 Å². The van der Waals surface area contributed by atoms with Gasteiger partial charge in [0.2, 0.25) is 0 Å². The molecular weight excluding hydrogens is 334 g/mol. The number of H-pyrrole nitrogens is 1. The van der Waals surface area contributed by atoms with E-state index in [-0.39, 0.29) is 11.7 Å². The minimum absolute atomic E-state index is 0.245. The van der Waals surface area contributed by atoms with Gasteiger partial charge in [-0.05, 0) is 42.0 Å². The van der Waals surface area contributed by atoms with E-state index in [1.807, 2.05) is 30.4 Å². The number of nitrogens with one attached hydrogen (secondary N) is 1. The maximum absolute atomic E-state index is 11.7. The minimum atomic E-state index is -0.952. The van der Waals surface area contributed by atoms with Gasteiger partial charge in [-0.25, -0.2) is 9.59 Å². The molecule has 0 spiro atoms. The van der Waals surface area contributed by atoms with Gasteiger partial charge in [-0.1, -0.05) is 18.2 Å². The van der Waals surface area contributed by atoms with E-state index in [1.165, 1.54) is 0 Å². The van der Waals surface area contributed by atoms with Crippen LogP contribution in [0, 0.1) is 0 Å². The summed E-state index contributed by atoms with van der Waals surface area (Å²) in [4.78, 5) is 24.2. The van der Waals surface area contributed by atoms with E-state index in [0.717, 1.165) is 27.8 Å². The van der Waals surface area contributed by atoms with Crippen molar-refractivity contribution in [3.05, 3.63) is 59.3 Å². The van der Waals surface area contributed by atoms with E-state index in [9.17, 15) is 9.59 Å². The number of carbonyl (C=O) groups is 2. The molecule has 2 heterocycles. The van der Waals surface area contributed by atoms with Crippen molar-refractivity contribution in [3.63, 3.8) is 0 Å². The SMILES string of the molecule is O=C(O)c1ccc(C=Cc2n[nH]c3ccc(N4CCOC4=O)cc23)cc1. The van der Waals surface area contributed by atoms with Crippen LogP contribution in [0.3, 0.4) is 0 Å². The molecule has 2 aromatic carbocycles. The largest absolute Gasteiger partial charge is 0.478 e. The molecule has 0 bridgehead atoms. The molecule has 1 aliphatic heterocycles. The van der Waals surface area contributed by atoms with Crippen LogP contribution < -0.4 is 4.90 Å². The lowest BCUT2D eigenvalue weighted by atomic mass is 10.1. The number of nitrogens with zero attached hydrogens (tertiary/aromatic N) is 2. The third-order valence-corrected chi connectivity index (χ3v) is 4.24. The Morgan fingerprint density at radius 1 is 1.19 bits per heavy atom. The summed E-state index contributed by atoms with van der Waals surface area (Å²) in [5.41, 5.74) is 3.47. The first-order chi connectivity index (χ1) is 12.6. The van der Waals surface area contributed by atoms with Crippen LogP contribution in [-0.4, -0.2) is 40.5 Å². The zero-order chi connectivity index (χ0) is 18.1. The number of aromatic amines is 1. The van der Waals surface area contributed by atoms with Crippen molar-refractivity contribution in [1.82, 2.24) is 10.2 Å². The first-order valence-electron chi connectivity index (χ1n) is 8.06. The van der Waals surface area contributed by atoms with Crippen LogP contribution in [0.1, 0.15) is 21.6 Å². The van der Waals surface area contributed by atoms with Gasteiger partial charge in [-0.15, -0.1) is 0 Å². The molecule has 1 amide bonds. The van der Waals surface area contributed by atoms with Crippen LogP contribution in [0.25, 0.3) is 23.1 Å². The lowest BCUT2D eigenvalue weighted by Crippen LogP contribution is -2.23. The summed E-state index contributed by atoms with van der Waals surface area (Å²) < 4.78 is 4.98. The number of hydrogen-bond donors (Lipinski definition) is 2. The van der Waals surface area contributed by atoms with Gasteiger partial charge in [0.15, 0.2) is 0 Å². The number of anilines is 1. The Bertz CT molecular complexity index is 1020. The van der Waals surface area contributed by atoms with Crippen molar-refractivity contribution in [2.24, 2.45) is 0 Å². The van der Waals surface area contributed by atoms with Gasteiger partial charge >= 0.3 is 12.1 Å². The van der Waals surface area contributed by atoms with Crippen LogP contribution in [0.2, 0.25) is 0 Å². The molecule has 7 nitrogen and oxygen atoms in total. The maximum Gasteiger partial charge on any atom is 0.414 e. The highest BCUT2D eigenvalue weighted by atomic mass is 16.6. The van der Waals surface area contributed by atoms with E-state index in [4.69, 9.17) is 9.84 Å². The average molecular weight is 349 g/mol. The number of aromatic nitrogens is 2. The minimum Gasteiger partial charge on any atom is -0.478 e. The number of benzene rings is 2. The van der Waals surface area contributed by atoms with Crippen LogP contribution in [0.4, 0.5) is 10.5 Å². The summed E-state index contributed by atoms with van der Waals surface area (Å²) in [6, 6.07) is 12.2. The Balaban J connectivity index is 1.63. The highest BCUT2D eigenvalue weighted by molar-refractivity contribution is 5.96. The van der Waals surface area contributed by atoms with Crippen LogP contribution in [0.15, 0.2) is 42.5 Å². The van der Waals surface area contributed by atoms with E-state index in [2.05, 4.69) is 10.2 Å². The zero-order valence-electron chi connectivity index (χ0n) is 13.7. The molecule has 0 atom stereocenters. The van der Waals surface area contributed by atoms with E-state index < -0.39 is 5.97 Å². The third kappa shape index (κ3) is 2.90. The second-order valence-corrected chi connectivity index (χ2v) is 5.87. The fraction of sp³-hybridized carbons (Fsp3) is 0.105. The molecule has 1 saturated heterocycles. The third-order valence-electron chi connectivity index (χ3n) is 4.24. The van der Waals surface area contributed by atoms with Crippen molar-refractivity contribution in [1.29, 1.82) is 0 Å². The molecule has 0 radical (unpaired) electrons.